The van der Waals surface area contributed by atoms with Crippen LogP contribution in [-0.2, 0) is 6.54 Å². The van der Waals surface area contributed by atoms with Crippen LogP contribution in [0.5, 0.6) is 0 Å². The summed E-state index contributed by atoms with van der Waals surface area (Å²) in [6.07, 6.45) is 6.08. The molecule has 1 aliphatic rings. The van der Waals surface area contributed by atoms with Crippen molar-refractivity contribution in [2.24, 2.45) is 5.73 Å². The summed E-state index contributed by atoms with van der Waals surface area (Å²) in [5.74, 6) is 0.126. The van der Waals surface area contributed by atoms with E-state index in [4.69, 9.17) is 5.73 Å². The van der Waals surface area contributed by atoms with Crippen molar-refractivity contribution >= 4 is 0 Å². The molecule has 26 heavy (non-hydrogen) atoms. The van der Waals surface area contributed by atoms with E-state index >= 15 is 0 Å². The van der Waals surface area contributed by atoms with Crippen LogP contribution in [0.1, 0.15) is 59.9 Å². The van der Waals surface area contributed by atoms with E-state index in [9.17, 15) is 0 Å². The van der Waals surface area contributed by atoms with Gasteiger partial charge in [-0.2, -0.15) is 0 Å². The number of nitrogens with two attached hydrogens (primary N) is 1. The van der Waals surface area contributed by atoms with Crippen molar-refractivity contribution in [1.29, 1.82) is 0 Å². The first-order valence-electron chi connectivity index (χ1n) is 9.89. The molecule has 1 aliphatic heterocycles. The maximum atomic E-state index is 6.49. The van der Waals surface area contributed by atoms with Crippen LogP contribution in [0, 0.1) is 13.8 Å². The molecule has 2 aromatic rings. The maximum absolute atomic E-state index is 6.49. The summed E-state index contributed by atoms with van der Waals surface area (Å²) in [5.41, 5.74) is 14.1. The number of hydrogen-bond donors (Lipinski definition) is 1. The van der Waals surface area contributed by atoms with Crippen molar-refractivity contribution in [3.05, 3.63) is 82.1 Å². The molecule has 1 atom stereocenters. The topological polar surface area (TPSA) is 29.3 Å². The Balaban J connectivity index is 1.94. The molecule has 0 bridgehead atoms. The monoisotopic (exact) mass is 348 g/mol. The van der Waals surface area contributed by atoms with E-state index in [0.29, 0.717) is 0 Å². The van der Waals surface area contributed by atoms with E-state index in [-0.39, 0.29) is 5.92 Å². The van der Waals surface area contributed by atoms with Gasteiger partial charge in [0.15, 0.2) is 0 Å². The van der Waals surface area contributed by atoms with Crippen molar-refractivity contribution in [2.45, 2.75) is 52.5 Å². The molecular formula is C24H32N2. The molecule has 0 radical (unpaired) electrons. The standard InChI is InChI=1S/C24H32N2/c1-4-23(25)24(22-13-8-10-18(2)19(22)3)21-12-9-11-20(16-21)17-26-14-6-5-7-15-26/h4,8-13,16,24H,5-7,14-15,17,25H2,1-3H3/b23-4-. The highest BCUT2D eigenvalue weighted by molar-refractivity contribution is 5.46. The van der Waals surface area contributed by atoms with E-state index in [1.807, 2.05) is 13.0 Å². The summed E-state index contributed by atoms with van der Waals surface area (Å²) in [6, 6.07) is 15.6. The Labute approximate surface area is 158 Å². The Kier molecular flexibility index (Phi) is 6.16. The number of likely N-dealkylation sites (tertiary alicyclic amines) is 1. The Hall–Kier alpha value is -2.06. The molecule has 2 aromatic carbocycles. The van der Waals surface area contributed by atoms with Crippen LogP contribution in [0.15, 0.2) is 54.2 Å². The highest BCUT2D eigenvalue weighted by atomic mass is 15.1. The van der Waals surface area contributed by atoms with Crippen LogP contribution in [0.25, 0.3) is 0 Å². The van der Waals surface area contributed by atoms with Gasteiger partial charge in [-0.1, -0.05) is 55.0 Å². The Morgan fingerprint density at radius 1 is 1.08 bits per heavy atom. The fraction of sp³-hybridized carbons (Fsp3) is 0.417. The van der Waals surface area contributed by atoms with Gasteiger partial charge in [0.1, 0.15) is 0 Å². The lowest BCUT2D eigenvalue weighted by Crippen LogP contribution is -2.29. The van der Waals surface area contributed by atoms with Gasteiger partial charge in [0.2, 0.25) is 0 Å². The molecule has 1 saturated heterocycles. The minimum atomic E-state index is 0.126. The summed E-state index contributed by atoms with van der Waals surface area (Å²) >= 11 is 0. The maximum Gasteiger partial charge on any atom is 0.0484 e. The van der Waals surface area contributed by atoms with Gasteiger partial charge in [0.05, 0.1) is 0 Å². The van der Waals surface area contributed by atoms with Gasteiger partial charge in [0.25, 0.3) is 0 Å². The molecule has 0 aliphatic carbocycles. The quantitative estimate of drug-likeness (QED) is 0.796. The molecule has 1 heterocycles. The Bertz CT molecular complexity index is 770. The second-order valence-electron chi connectivity index (χ2n) is 7.59. The van der Waals surface area contributed by atoms with Crippen molar-refractivity contribution in [2.75, 3.05) is 13.1 Å². The van der Waals surface area contributed by atoms with Gasteiger partial charge in [-0.15, -0.1) is 0 Å². The zero-order chi connectivity index (χ0) is 18.5. The third kappa shape index (κ3) is 4.19. The van der Waals surface area contributed by atoms with Gasteiger partial charge in [0, 0.05) is 18.2 Å². The predicted molar refractivity (Wildman–Crippen MR) is 111 cm³/mol. The first-order chi connectivity index (χ1) is 12.6. The molecule has 0 saturated carbocycles. The first kappa shape index (κ1) is 18.7. The molecule has 1 unspecified atom stereocenters. The number of piperidine rings is 1. The molecule has 2 nitrogen and oxygen atoms in total. The van der Waals surface area contributed by atoms with Crippen molar-refractivity contribution in [3.63, 3.8) is 0 Å². The van der Waals surface area contributed by atoms with E-state index < -0.39 is 0 Å². The smallest absolute Gasteiger partial charge is 0.0484 e. The Morgan fingerprint density at radius 2 is 1.81 bits per heavy atom. The molecule has 3 rings (SSSR count). The van der Waals surface area contributed by atoms with Crippen molar-refractivity contribution < 1.29 is 0 Å². The lowest BCUT2D eigenvalue weighted by molar-refractivity contribution is 0.221. The number of allylic oxidation sites excluding steroid dienone is 2. The number of hydrogen-bond acceptors (Lipinski definition) is 2. The molecule has 1 fully saturated rings. The van der Waals surface area contributed by atoms with Crippen LogP contribution >= 0.6 is 0 Å². The molecule has 0 spiro atoms. The van der Waals surface area contributed by atoms with Gasteiger partial charge < -0.3 is 5.73 Å². The van der Waals surface area contributed by atoms with Crippen LogP contribution < -0.4 is 5.73 Å². The van der Waals surface area contributed by atoms with Crippen LogP contribution in [0.3, 0.4) is 0 Å². The Morgan fingerprint density at radius 3 is 2.54 bits per heavy atom. The number of nitrogens with zero attached hydrogens (tertiary/aromatic N) is 1. The van der Waals surface area contributed by atoms with E-state index in [0.717, 1.165) is 12.2 Å². The average Bonchev–Trinajstić information content (AvgIpc) is 2.66. The second kappa shape index (κ2) is 8.55. The summed E-state index contributed by atoms with van der Waals surface area (Å²) < 4.78 is 0. The lowest BCUT2D eigenvalue weighted by atomic mass is 9.84. The minimum absolute atomic E-state index is 0.126. The lowest BCUT2D eigenvalue weighted by Gasteiger charge is -2.27. The SMILES string of the molecule is C/C=C(\N)C(c1cccc(CN2CCCCC2)c1)c1cccc(C)c1C. The molecule has 2 N–H and O–H groups in total. The highest BCUT2D eigenvalue weighted by Gasteiger charge is 2.20. The van der Waals surface area contributed by atoms with E-state index in [1.54, 1.807) is 0 Å². The van der Waals surface area contributed by atoms with Crippen LogP contribution in [-0.4, -0.2) is 18.0 Å². The molecule has 2 heteroatoms. The van der Waals surface area contributed by atoms with Gasteiger partial charge >= 0.3 is 0 Å². The van der Waals surface area contributed by atoms with Crippen molar-refractivity contribution in [1.82, 2.24) is 4.90 Å². The normalized spacial score (nSPS) is 17.3. The fourth-order valence-corrected chi connectivity index (χ4v) is 4.05. The molecule has 138 valence electrons. The van der Waals surface area contributed by atoms with Gasteiger partial charge in [-0.3, -0.25) is 4.90 Å². The largest absolute Gasteiger partial charge is 0.402 e. The molecule has 0 aromatic heterocycles. The summed E-state index contributed by atoms with van der Waals surface area (Å²) in [7, 11) is 0. The van der Waals surface area contributed by atoms with Crippen molar-refractivity contribution in [3.8, 4) is 0 Å². The zero-order valence-corrected chi connectivity index (χ0v) is 16.5. The van der Waals surface area contributed by atoms with Crippen LogP contribution in [0.2, 0.25) is 0 Å². The average molecular weight is 349 g/mol. The summed E-state index contributed by atoms with van der Waals surface area (Å²) in [6.45, 7) is 9.91. The third-order valence-corrected chi connectivity index (χ3v) is 5.76. The van der Waals surface area contributed by atoms with E-state index in [2.05, 4.69) is 61.2 Å². The summed E-state index contributed by atoms with van der Waals surface area (Å²) in [5, 5.41) is 0. The number of benzene rings is 2. The second-order valence-corrected chi connectivity index (χ2v) is 7.59. The van der Waals surface area contributed by atoms with Crippen LogP contribution in [0.4, 0.5) is 0 Å². The van der Waals surface area contributed by atoms with Gasteiger partial charge in [-0.25, -0.2) is 0 Å². The third-order valence-electron chi connectivity index (χ3n) is 5.76. The van der Waals surface area contributed by atoms with E-state index in [1.165, 1.54) is 60.2 Å². The van der Waals surface area contributed by atoms with Gasteiger partial charge in [-0.05, 0) is 74.5 Å². The zero-order valence-electron chi connectivity index (χ0n) is 16.5. The fourth-order valence-electron chi connectivity index (χ4n) is 4.05. The number of rotatable bonds is 5. The minimum Gasteiger partial charge on any atom is -0.402 e. The molecule has 0 amide bonds. The predicted octanol–water partition coefficient (Wildman–Crippen LogP) is 5.28. The molecular weight excluding hydrogens is 316 g/mol. The number of aryl methyl sites for hydroxylation is 1. The summed E-state index contributed by atoms with van der Waals surface area (Å²) in [4.78, 5) is 2.58. The highest BCUT2D eigenvalue weighted by Crippen LogP contribution is 2.33. The first-order valence-corrected chi connectivity index (χ1v) is 9.89.